The van der Waals surface area contributed by atoms with E-state index < -0.39 is 0 Å². The number of aryl methyl sites for hydroxylation is 1. The van der Waals surface area contributed by atoms with Crippen LogP contribution in [0.1, 0.15) is 11.1 Å². The Morgan fingerprint density at radius 1 is 1.09 bits per heavy atom. The zero-order valence-electron chi connectivity index (χ0n) is 12.5. The third kappa shape index (κ3) is 3.34. The van der Waals surface area contributed by atoms with E-state index >= 15 is 0 Å². The molecule has 5 heteroatoms. The Labute approximate surface area is 139 Å². The van der Waals surface area contributed by atoms with Crippen molar-refractivity contribution in [3.63, 3.8) is 0 Å². The van der Waals surface area contributed by atoms with Gasteiger partial charge in [-0.2, -0.15) is 0 Å². The highest BCUT2D eigenvalue weighted by Gasteiger charge is 2.11. The first kappa shape index (κ1) is 15.1. The number of benzene rings is 2. The van der Waals surface area contributed by atoms with Gasteiger partial charge in [0.1, 0.15) is 0 Å². The molecule has 0 radical (unpaired) electrons. The lowest BCUT2D eigenvalue weighted by Gasteiger charge is -2.05. The lowest BCUT2D eigenvalue weighted by atomic mass is 10.1. The van der Waals surface area contributed by atoms with Gasteiger partial charge in [0.25, 0.3) is 0 Å². The van der Waals surface area contributed by atoms with Crippen LogP contribution in [0.15, 0.2) is 53.7 Å². The van der Waals surface area contributed by atoms with Gasteiger partial charge in [-0.15, -0.1) is 10.2 Å². The summed E-state index contributed by atoms with van der Waals surface area (Å²) in [6.07, 6.45) is 0. The molecule has 0 aliphatic heterocycles. The molecule has 0 N–H and O–H groups in total. The molecule has 3 rings (SSSR count). The van der Waals surface area contributed by atoms with Crippen molar-refractivity contribution in [3.05, 3.63) is 64.7 Å². The van der Waals surface area contributed by atoms with E-state index in [4.69, 9.17) is 11.6 Å². The van der Waals surface area contributed by atoms with Gasteiger partial charge in [-0.1, -0.05) is 65.3 Å². The van der Waals surface area contributed by atoms with Crippen molar-refractivity contribution in [2.75, 3.05) is 0 Å². The smallest absolute Gasteiger partial charge is 0.191 e. The topological polar surface area (TPSA) is 30.7 Å². The fraction of sp³-hybridized carbons (Fsp3) is 0.176. The van der Waals surface area contributed by atoms with Crippen LogP contribution in [0.4, 0.5) is 0 Å². The van der Waals surface area contributed by atoms with Crippen molar-refractivity contribution < 1.29 is 0 Å². The van der Waals surface area contributed by atoms with Gasteiger partial charge in [0.15, 0.2) is 11.0 Å². The highest BCUT2D eigenvalue weighted by Crippen LogP contribution is 2.26. The Kier molecular flexibility index (Phi) is 4.50. The first-order valence-corrected chi connectivity index (χ1v) is 8.33. The molecule has 1 heterocycles. The number of hydrogen-bond donors (Lipinski definition) is 0. The fourth-order valence-corrected chi connectivity index (χ4v) is 3.24. The molecular formula is C17H16ClN3S. The van der Waals surface area contributed by atoms with E-state index in [1.54, 1.807) is 11.8 Å². The van der Waals surface area contributed by atoms with E-state index in [9.17, 15) is 0 Å². The highest BCUT2D eigenvalue weighted by molar-refractivity contribution is 7.98. The summed E-state index contributed by atoms with van der Waals surface area (Å²) in [6, 6.07) is 16.2. The van der Waals surface area contributed by atoms with Crippen LogP contribution >= 0.6 is 23.4 Å². The number of halogens is 1. The molecule has 0 aliphatic rings. The Bertz CT molecular complexity index is 781. The van der Waals surface area contributed by atoms with Gasteiger partial charge < -0.3 is 4.57 Å². The van der Waals surface area contributed by atoms with Crippen molar-refractivity contribution in [2.45, 2.75) is 17.8 Å². The molecular weight excluding hydrogens is 314 g/mol. The Balaban J connectivity index is 1.77. The van der Waals surface area contributed by atoms with E-state index in [0.717, 1.165) is 27.3 Å². The van der Waals surface area contributed by atoms with Crippen molar-refractivity contribution in [2.24, 2.45) is 7.05 Å². The molecule has 1 aromatic heterocycles. The second-order valence-corrected chi connectivity index (χ2v) is 6.53. The zero-order valence-corrected chi connectivity index (χ0v) is 14.0. The molecule has 2 aromatic carbocycles. The predicted molar refractivity (Wildman–Crippen MR) is 92.2 cm³/mol. The van der Waals surface area contributed by atoms with E-state index in [2.05, 4.69) is 47.5 Å². The maximum Gasteiger partial charge on any atom is 0.191 e. The van der Waals surface area contributed by atoms with Crippen LogP contribution in [0.25, 0.3) is 11.4 Å². The standard InChI is InChI=1S/C17H16ClN3S/c1-12-6-8-14(9-7-12)16-19-20-17(21(16)2)22-11-13-4-3-5-15(18)10-13/h3-10H,11H2,1-2H3. The summed E-state index contributed by atoms with van der Waals surface area (Å²) >= 11 is 7.67. The summed E-state index contributed by atoms with van der Waals surface area (Å²) in [6.45, 7) is 2.08. The molecule has 0 spiro atoms. The molecule has 22 heavy (non-hydrogen) atoms. The van der Waals surface area contributed by atoms with Crippen LogP contribution in [-0.2, 0) is 12.8 Å². The number of aromatic nitrogens is 3. The number of hydrogen-bond acceptors (Lipinski definition) is 3. The van der Waals surface area contributed by atoms with Crippen molar-refractivity contribution in [1.29, 1.82) is 0 Å². The molecule has 0 bridgehead atoms. The lowest BCUT2D eigenvalue weighted by Crippen LogP contribution is -1.95. The second-order valence-electron chi connectivity index (χ2n) is 5.15. The third-order valence-electron chi connectivity index (χ3n) is 3.40. The Hall–Kier alpha value is -1.78. The quantitative estimate of drug-likeness (QED) is 0.648. The summed E-state index contributed by atoms with van der Waals surface area (Å²) in [5.74, 6) is 1.70. The second kappa shape index (κ2) is 6.55. The van der Waals surface area contributed by atoms with Gasteiger partial charge in [-0.3, -0.25) is 0 Å². The Morgan fingerprint density at radius 2 is 1.86 bits per heavy atom. The summed E-state index contributed by atoms with van der Waals surface area (Å²) in [4.78, 5) is 0. The third-order valence-corrected chi connectivity index (χ3v) is 4.73. The van der Waals surface area contributed by atoms with Gasteiger partial charge in [-0.05, 0) is 24.6 Å². The average Bonchev–Trinajstić information content (AvgIpc) is 2.87. The molecule has 0 aliphatic carbocycles. The van der Waals surface area contributed by atoms with Crippen molar-refractivity contribution in [1.82, 2.24) is 14.8 Å². The molecule has 0 fully saturated rings. The van der Waals surface area contributed by atoms with Crippen LogP contribution in [0.5, 0.6) is 0 Å². The van der Waals surface area contributed by atoms with Gasteiger partial charge >= 0.3 is 0 Å². The molecule has 3 nitrogen and oxygen atoms in total. The Morgan fingerprint density at radius 3 is 2.59 bits per heavy atom. The summed E-state index contributed by atoms with van der Waals surface area (Å²) in [7, 11) is 2.00. The maximum absolute atomic E-state index is 6.01. The molecule has 0 amide bonds. The molecule has 0 saturated carbocycles. The van der Waals surface area contributed by atoms with Crippen LogP contribution in [-0.4, -0.2) is 14.8 Å². The van der Waals surface area contributed by atoms with E-state index in [1.165, 1.54) is 11.1 Å². The fourth-order valence-electron chi connectivity index (χ4n) is 2.17. The normalized spacial score (nSPS) is 10.9. The minimum absolute atomic E-state index is 0.761. The molecule has 0 unspecified atom stereocenters. The molecule has 3 aromatic rings. The first-order valence-electron chi connectivity index (χ1n) is 6.97. The average molecular weight is 330 g/mol. The highest BCUT2D eigenvalue weighted by atomic mass is 35.5. The van der Waals surface area contributed by atoms with Crippen LogP contribution < -0.4 is 0 Å². The number of nitrogens with zero attached hydrogens (tertiary/aromatic N) is 3. The van der Waals surface area contributed by atoms with Gasteiger partial charge in [0, 0.05) is 23.4 Å². The number of rotatable bonds is 4. The number of thioether (sulfide) groups is 1. The van der Waals surface area contributed by atoms with E-state index in [-0.39, 0.29) is 0 Å². The minimum Gasteiger partial charge on any atom is -0.305 e. The van der Waals surface area contributed by atoms with Gasteiger partial charge in [-0.25, -0.2) is 0 Å². The van der Waals surface area contributed by atoms with E-state index in [0.29, 0.717) is 0 Å². The molecule has 112 valence electrons. The molecule has 0 atom stereocenters. The van der Waals surface area contributed by atoms with Gasteiger partial charge in [0.2, 0.25) is 0 Å². The van der Waals surface area contributed by atoms with Crippen molar-refractivity contribution >= 4 is 23.4 Å². The summed E-state index contributed by atoms with van der Waals surface area (Å²) in [5.41, 5.74) is 3.49. The van der Waals surface area contributed by atoms with Crippen LogP contribution in [0.2, 0.25) is 5.02 Å². The van der Waals surface area contributed by atoms with Crippen LogP contribution in [0.3, 0.4) is 0 Å². The minimum atomic E-state index is 0.761. The monoisotopic (exact) mass is 329 g/mol. The molecule has 0 saturated heterocycles. The summed E-state index contributed by atoms with van der Waals surface area (Å²) in [5, 5.41) is 10.3. The van der Waals surface area contributed by atoms with Crippen LogP contribution in [0, 0.1) is 6.92 Å². The maximum atomic E-state index is 6.01. The van der Waals surface area contributed by atoms with Gasteiger partial charge in [0.05, 0.1) is 0 Å². The predicted octanol–water partition coefficient (Wildman–Crippen LogP) is 4.74. The van der Waals surface area contributed by atoms with E-state index in [1.807, 2.05) is 29.8 Å². The largest absolute Gasteiger partial charge is 0.305 e. The summed E-state index contributed by atoms with van der Waals surface area (Å²) < 4.78 is 2.03. The first-order chi connectivity index (χ1) is 10.6. The SMILES string of the molecule is Cc1ccc(-c2nnc(SCc3cccc(Cl)c3)n2C)cc1. The zero-order chi connectivity index (χ0) is 15.5. The van der Waals surface area contributed by atoms with Crippen molar-refractivity contribution in [3.8, 4) is 11.4 Å². The lowest BCUT2D eigenvalue weighted by molar-refractivity contribution is 0.794.